The lowest BCUT2D eigenvalue weighted by atomic mass is 9.80. The minimum absolute atomic E-state index is 0.0215. The molecule has 1 aromatic carbocycles. The highest BCUT2D eigenvalue weighted by Gasteiger charge is 2.35. The molecule has 4 nitrogen and oxygen atoms in total. The zero-order valence-corrected chi connectivity index (χ0v) is 11.0. The molecule has 7 heteroatoms. The van der Waals surface area contributed by atoms with Crippen LogP contribution in [0.2, 0.25) is 0 Å². The van der Waals surface area contributed by atoms with Crippen molar-refractivity contribution in [3.05, 3.63) is 35.4 Å². The Bertz CT molecular complexity index is 533. The second-order valence-electron chi connectivity index (χ2n) is 5.14. The SMILES string of the molecule is O=C(Cc1ccc(C(F)(F)F)cc1)NC1CC(C(=O)O)C1. The summed E-state index contributed by atoms with van der Waals surface area (Å²) in [4.78, 5) is 22.3. The number of hydrogen-bond acceptors (Lipinski definition) is 2. The Balaban J connectivity index is 1.82. The molecule has 0 bridgehead atoms. The van der Waals surface area contributed by atoms with Crippen molar-refractivity contribution in [2.75, 3.05) is 0 Å². The number of hydrogen-bond donors (Lipinski definition) is 2. The summed E-state index contributed by atoms with van der Waals surface area (Å²) in [7, 11) is 0. The second kappa shape index (κ2) is 5.75. The van der Waals surface area contributed by atoms with Gasteiger partial charge in [-0.2, -0.15) is 13.2 Å². The lowest BCUT2D eigenvalue weighted by molar-refractivity contribution is -0.146. The Kier molecular flexibility index (Phi) is 4.20. The van der Waals surface area contributed by atoms with E-state index in [9.17, 15) is 22.8 Å². The lowest BCUT2D eigenvalue weighted by Crippen LogP contribution is -2.47. The molecule has 1 saturated carbocycles. The van der Waals surface area contributed by atoms with Crippen LogP contribution in [0, 0.1) is 5.92 Å². The summed E-state index contributed by atoms with van der Waals surface area (Å²) in [5, 5.41) is 11.4. The third kappa shape index (κ3) is 3.96. The zero-order valence-electron chi connectivity index (χ0n) is 11.0. The fourth-order valence-electron chi connectivity index (χ4n) is 2.21. The first-order valence-corrected chi connectivity index (χ1v) is 6.44. The Hall–Kier alpha value is -2.05. The van der Waals surface area contributed by atoms with Crippen LogP contribution in [0.5, 0.6) is 0 Å². The topological polar surface area (TPSA) is 66.4 Å². The van der Waals surface area contributed by atoms with Crippen LogP contribution in [0.15, 0.2) is 24.3 Å². The third-order valence-electron chi connectivity index (χ3n) is 3.50. The zero-order chi connectivity index (χ0) is 15.6. The highest BCUT2D eigenvalue weighted by Crippen LogP contribution is 2.29. The van der Waals surface area contributed by atoms with Gasteiger partial charge >= 0.3 is 12.1 Å². The van der Waals surface area contributed by atoms with Gasteiger partial charge in [0.2, 0.25) is 5.91 Å². The molecule has 0 atom stereocenters. The van der Waals surface area contributed by atoms with Gasteiger partial charge in [0, 0.05) is 6.04 Å². The van der Waals surface area contributed by atoms with Crippen LogP contribution < -0.4 is 5.32 Å². The summed E-state index contributed by atoms with van der Waals surface area (Å²) in [5.74, 6) is -1.60. The van der Waals surface area contributed by atoms with E-state index in [2.05, 4.69) is 5.32 Å². The van der Waals surface area contributed by atoms with E-state index in [0.29, 0.717) is 18.4 Å². The first-order valence-electron chi connectivity index (χ1n) is 6.44. The summed E-state index contributed by atoms with van der Waals surface area (Å²) in [6.07, 6.45) is -3.62. The van der Waals surface area contributed by atoms with Crippen molar-refractivity contribution >= 4 is 11.9 Å². The van der Waals surface area contributed by atoms with Crippen molar-refractivity contribution in [2.24, 2.45) is 5.92 Å². The minimum Gasteiger partial charge on any atom is -0.481 e. The Morgan fingerprint density at radius 3 is 2.24 bits per heavy atom. The fourth-order valence-corrected chi connectivity index (χ4v) is 2.21. The van der Waals surface area contributed by atoms with E-state index in [4.69, 9.17) is 5.11 Å². The summed E-state index contributed by atoms with van der Waals surface area (Å²) >= 11 is 0. The molecule has 114 valence electrons. The molecular weight excluding hydrogens is 287 g/mol. The second-order valence-corrected chi connectivity index (χ2v) is 5.14. The maximum Gasteiger partial charge on any atom is 0.416 e. The molecule has 0 spiro atoms. The van der Waals surface area contributed by atoms with Gasteiger partial charge < -0.3 is 10.4 Å². The van der Waals surface area contributed by atoms with Crippen LogP contribution >= 0.6 is 0 Å². The number of halogens is 3. The predicted octanol–water partition coefficient (Wildman–Crippen LogP) is 2.23. The number of carbonyl (C=O) groups excluding carboxylic acids is 1. The van der Waals surface area contributed by atoms with E-state index in [0.717, 1.165) is 12.1 Å². The monoisotopic (exact) mass is 301 g/mol. The molecule has 21 heavy (non-hydrogen) atoms. The molecule has 1 fully saturated rings. The van der Waals surface area contributed by atoms with Gasteiger partial charge in [-0.05, 0) is 30.5 Å². The van der Waals surface area contributed by atoms with E-state index in [-0.39, 0.29) is 18.4 Å². The molecule has 0 saturated heterocycles. The van der Waals surface area contributed by atoms with Gasteiger partial charge in [0.1, 0.15) is 0 Å². The standard InChI is InChI=1S/C14H14F3NO3/c15-14(16,17)10-3-1-8(2-4-10)5-12(19)18-11-6-9(7-11)13(20)21/h1-4,9,11H,5-7H2,(H,18,19)(H,20,21). The van der Waals surface area contributed by atoms with Crippen molar-refractivity contribution in [2.45, 2.75) is 31.5 Å². The van der Waals surface area contributed by atoms with Gasteiger partial charge in [-0.15, -0.1) is 0 Å². The van der Waals surface area contributed by atoms with Gasteiger partial charge in [0.25, 0.3) is 0 Å². The summed E-state index contributed by atoms with van der Waals surface area (Å²) < 4.78 is 37.1. The largest absolute Gasteiger partial charge is 0.481 e. The van der Waals surface area contributed by atoms with E-state index < -0.39 is 23.6 Å². The van der Waals surface area contributed by atoms with Gasteiger partial charge in [0.15, 0.2) is 0 Å². The smallest absolute Gasteiger partial charge is 0.416 e. The highest BCUT2D eigenvalue weighted by molar-refractivity contribution is 5.79. The van der Waals surface area contributed by atoms with Crippen LogP contribution in [0.25, 0.3) is 0 Å². The van der Waals surface area contributed by atoms with Crippen molar-refractivity contribution in [1.29, 1.82) is 0 Å². The predicted molar refractivity (Wildman–Crippen MR) is 67.4 cm³/mol. The molecule has 1 amide bonds. The van der Waals surface area contributed by atoms with E-state index in [1.54, 1.807) is 0 Å². The number of rotatable bonds is 4. The number of amides is 1. The molecule has 1 aliphatic carbocycles. The first-order chi connectivity index (χ1) is 9.75. The Morgan fingerprint density at radius 2 is 1.76 bits per heavy atom. The van der Waals surface area contributed by atoms with Gasteiger partial charge in [-0.3, -0.25) is 9.59 Å². The van der Waals surface area contributed by atoms with Crippen molar-refractivity contribution in [3.8, 4) is 0 Å². The summed E-state index contributed by atoms with van der Waals surface area (Å²) in [6, 6.07) is 4.25. The molecule has 1 aromatic rings. The number of nitrogens with one attached hydrogen (secondary N) is 1. The first kappa shape index (κ1) is 15.3. The van der Waals surface area contributed by atoms with Crippen molar-refractivity contribution in [1.82, 2.24) is 5.32 Å². The molecule has 0 heterocycles. The molecule has 2 N–H and O–H groups in total. The molecule has 1 aliphatic rings. The number of carboxylic acid groups (broad SMARTS) is 1. The molecule has 0 unspecified atom stereocenters. The average Bonchev–Trinajstić information content (AvgIpc) is 2.32. The fraction of sp³-hybridized carbons (Fsp3) is 0.429. The van der Waals surface area contributed by atoms with Crippen molar-refractivity contribution in [3.63, 3.8) is 0 Å². The van der Waals surface area contributed by atoms with Crippen LogP contribution in [-0.4, -0.2) is 23.0 Å². The number of benzene rings is 1. The Labute approximate surface area is 119 Å². The third-order valence-corrected chi connectivity index (χ3v) is 3.50. The molecule has 0 radical (unpaired) electrons. The lowest BCUT2D eigenvalue weighted by Gasteiger charge is -2.32. The quantitative estimate of drug-likeness (QED) is 0.896. The minimum atomic E-state index is -4.39. The van der Waals surface area contributed by atoms with Crippen LogP contribution in [0.1, 0.15) is 24.0 Å². The van der Waals surface area contributed by atoms with Gasteiger partial charge in [0.05, 0.1) is 17.9 Å². The van der Waals surface area contributed by atoms with Gasteiger partial charge in [-0.1, -0.05) is 12.1 Å². The maximum atomic E-state index is 12.4. The van der Waals surface area contributed by atoms with Crippen LogP contribution in [0.3, 0.4) is 0 Å². The molecule has 0 aliphatic heterocycles. The maximum absolute atomic E-state index is 12.4. The summed E-state index contributed by atoms with van der Waals surface area (Å²) in [6.45, 7) is 0. The number of carbonyl (C=O) groups is 2. The molecule has 2 rings (SSSR count). The number of aliphatic carboxylic acids is 1. The van der Waals surface area contributed by atoms with Crippen molar-refractivity contribution < 1.29 is 27.9 Å². The molecule has 0 aromatic heterocycles. The van der Waals surface area contributed by atoms with Gasteiger partial charge in [-0.25, -0.2) is 0 Å². The average molecular weight is 301 g/mol. The highest BCUT2D eigenvalue weighted by atomic mass is 19.4. The number of alkyl halides is 3. The number of carboxylic acids is 1. The Morgan fingerprint density at radius 1 is 1.19 bits per heavy atom. The molecular formula is C14H14F3NO3. The van der Waals surface area contributed by atoms with E-state index >= 15 is 0 Å². The summed E-state index contributed by atoms with van der Waals surface area (Å²) in [5.41, 5.74) is -0.274. The normalized spacial score (nSPS) is 21.5. The van der Waals surface area contributed by atoms with E-state index in [1.165, 1.54) is 12.1 Å². The van der Waals surface area contributed by atoms with E-state index in [1.807, 2.05) is 0 Å². The van der Waals surface area contributed by atoms with Crippen LogP contribution in [0.4, 0.5) is 13.2 Å². The van der Waals surface area contributed by atoms with Crippen LogP contribution in [-0.2, 0) is 22.2 Å².